The fourth-order valence-electron chi connectivity index (χ4n) is 1.14. The van der Waals surface area contributed by atoms with E-state index in [1.165, 1.54) is 0 Å². The fraction of sp³-hybridized carbons (Fsp3) is 0.417. The quantitative estimate of drug-likeness (QED) is 0.797. The molecule has 0 bridgehead atoms. The van der Waals surface area contributed by atoms with Gasteiger partial charge < -0.3 is 14.8 Å². The van der Waals surface area contributed by atoms with E-state index in [0.717, 1.165) is 11.3 Å². The van der Waals surface area contributed by atoms with Crippen LogP contribution in [0.15, 0.2) is 24.3 Å². The third-order valence-electron chi connectivity index (χ3n) is 1.93. The summed E-state index contributed by atoms with van der Waals surface area (Å²) in [7, 11) is 1.85. The van der Waals surface area contributed by atoms with E-state index >= 15 is 0 Å². The molecule has 4 heteroatoms. The normalized spacial score (nSPS) is 10.0. The molecule has 0 aliphatic heterocycles. The molecule has 0 heterocycles. The molecule has 0 radical (unpaired) electrons. The van der Waals surface area contributed by atoms with Crippen LogP contribution in [0.3, 0.4) is 0 Å². The highest BCUT2D eigenvalue weighted by Gasteiger charge is 2.06. The van der Waals surface area contributed by atoms with Crippen molar-refractivity contribution in [3.63, 3.8) is 0 Å². The van der Waals surface area contributed by atoms with E-state index < -0.39 is 6.16 Å². The van der Waals surface area contributed by atoms with E-state index in [1.54, 1.807) is 13.8 Å². The monoisotopic (exact) mass is 223 g/mol. The average Bonchev–Trinajstić information content (AvgIpc) is 2.26. The van der Waals surface area contributed by atoms with E-state index in [9.17, 15) is 4.79 Å². The Balaban J connectivity index is 2.39. The van der Waals surface area contributed by atoms with Crippen molar-refractivity contribution in [2.24, 2.45) is 0 Å². The minimum atomic E-state index is -0.632. The molecule has 0 aliphatic carbocycles. The van der Waals surface area contributed by atoms with Crippen molar-refractivity contribution in [2.45, 2.75) is 26.6 Å². The zero-order chi connectivity index (χ0) is 12.0. The number of carbonyl (C=O) groups is 1. The first-order valence-electron chi connectivity index (χ1n) is 5.22. The highest BCUT2D eigenvalue weighted by atomic mass is 16.7. The van der Waals surface area contributed by atoms with Gasteiger partial charge in [-0.05, 0) is 31.5 Å². The van der Waals surface area contributed by atoms with Crippen LogP contribution in [0.4, 0.5) is 10.5 Å². The number of nitrogens with one attached hydrogen (secondary N) is 1. The van der Waals surface area contributed by atoms with Crippen LogP contribution in [0, 0.1) is 0 Å². The van der Waals surface area contributed by atoms with Gasteiger partial charge in [-0.1, -0.05) is 12.1 Å². The van der Waals surface area contributed by atoms with Gasteiger partial charge in [0, 0.05) is 12.7 Å². The number of hydrogen-bond donors (Lipinski definition) is 1. The van der Waals surface area contributed by atoms with Gasteiger partial charge in [0.15, 0.2) is 0 Å². The fourth-order valence-corrected chi connectivity index (χ4v) is 1.14. The molecule has 0 saturated carbocycles. The maximum Gasteiger partial charge on any atom is 0.508 e. The van der Waals surface area contributed by atoms with Crippen LogP contribution in [0.5, 0.6) is 0 Å². The molecule has 0 fully saturated rings. The lowest BCUT2D eigenvalue weighted by Crippen LogP contribution is -2.12. The zero-order valence-electron chi connectivity index (χ0n) is 9.82. The number of anilines is 1. The van der Waals surface area contributed by atoms with Crippen molar-refractivity contribution in [1.82, 2.24) is 0 Å². The Labute approximate surface area is 95.6 Å². The number of hydrogen-bond acceptors (Lipinski definition) is 4. The van der Waals surface area contributed by atoms with Gasteiger partial charge in [-0.3, -0.25) is 0 Å². The van der Waals surface area contributed by atoms with Gasteiger partial charge >= 0.3 is 6.16 Å². The Bertz CT molecular complexity index is 333. The van der Waals surface area contributed by atoms with E-state index in [4.69, 9.17) is 9.47 Å². The van der Waals surface area contributed by atoms with E-state index in [-0.39, 0.29) is 12.7 Å². The van der Waals surface area contributed by atoms with E-state index in [1.807, 2.05) is 31.3 Å². The molecule has 0 unspecified atom stereocenters. The molecule has 88 valence electrons. The summed E-state index contributed by atoms with van der Waals surface area (Å²) in [4.78, 5) is 11.1. The molecule has 0 spiro atoms. The summed E-state index contributed by atoms with van der Waals surface area (Å²) in [5, 5.41) is 3.01. The third kappa shape index (κ3) is 4.21. The summed E-state index contributed by atoms with van der Waals surface area (Å²) in [6.45, 7) is 3.79. The summed E-state index contributed by atoms with van der Waals surface area (Å²) in [5.41, 5.74) is 1.95. The van der Waals surface area contributed by atoms with Gasteiger partial charge in [0.1, 0.15) is 6.61 Å². The topological polar surface area (TPSA) is 47.6 Å². The molecular weight excluding hydrogens is 206 g/mol. The summed E-state index contributed by atoms with van der Waals surface area (Å²) in [6.07, 6.45) is -0.785. The predicted octanol–water partition coefficient (Wildman–Crippen LogP) is 2.79. The summed E-state index contributed by atoms with van der Waals surface area (Å²) >= 11 is 0. The second-order valence-corrected chi connectivity index (χ2v) is 3.65. The molecule has 1 rings (SSSR count). The third-order valence-corrected chi connectivity index (χ3v) is 1.93. The maximum absolute atomic E-state index is 11.1. The molecule has 16 heavy (non-hydrogen) atoms. The molecule has 0 amide bonds. The molecule has 0 aliphatic rings. The lowest BCUT2D eigenvalue weighted by molar-refractivity contribution is 0.0298. The molecule has 1 N–H and O–H groups in total. The van der Waals surface area contributed by atoms with Crippen LogP contribution in [0.1, 0.15) is 19.4 Å². The van der Waals surface area contributed by atoms with E-state index in [2.05, 4.69) is 5.32 Å². The Kier molecular flexibility index (Phi) is 4.64. The Morgan fingerprint density at radius 2 is 1.94 bits per heavy atom. The predicted molar refractivity (Wildman–Crippen MR) is 62.4 cm³/mol. The van der Waals surface area contributed by atoms with Gasteiger partial charge in [-0.2, -0.15) is 0 Å². The number of rotatable bonds is 4. The highest BCUT2D eigenvalue weighted by molar-refractivity contribution is 5.60. The number of carbonyl (C=O) groups excluding carboxylic acids is 1. The van der Waals surface area contributed by atoms with Crippen LogP contribution in [0.2, 0.25) is 0 Å². The van der Waals surface area contributed by atoms with Crippen molar-refractivity contribution in [3.05, 3.63) is 29.8 Å². The van der Waals surface area contributed by atoms with E-state index in [0.29, 0.717) is 0 Å². The van der Waals surface area contributed by atoms with Crippen LogP contribution in [0.25, 0.3) is 0 Å². The summed E-state index contributed by atoms with van der Waals surface area (Å²) in [6, 6.07) is 7.64. The lowest BCUT2D eigenvalue weighted by Gasteiger charge is -2.08. The Hall–Kier alpha value is -1.71. The standard InChI is InChI=1S/C12H17NO3/c1-9(2)16-12(14)15-8-10-4-6-11(13-3)7-5-10/h4-7,9,13H,8H2,1-3H3. The van der Waals surface area contributed by atoms with Gasteiger partial charge in [-0.25, -0.2) is 4.79 Å². The molecule has 4 nitrogen and oxygen atoms in total. The number of ether oxygens (including phenoxy) is 2. The van der Waals surface area contributed by atoms with Crippen molar-refractivity contribution in [2.75, 3.05) is 12.4 Å². The highest BCUT2D eigenvalue weighted by Crippen LogP contribution is 2.09. The van der Waals surface area contributed by atoms with Crippen molar-refractivity contribution in [3.8, 4) is 0 Å². The molecule has 0 saturated heterocycles. The second-order valence-electron chi connectivity index (χ2n) is 3.65. The molecule has 0 aromatic heterocycles. The van der Waals surface area contributed by atoms with Crippen molar-refractivity contribution < 1.29 is 14.3 Å². The largest absolute Gasteiger partial charge is 0.508 e. The maximum atomic E-state index is 11.1. The number of benzene rings is 1. The van der Waals surface area contributed by atoms with Gasteiger partial charge in [0.25, 0.3) is 0 Å². The zero-order valence-corrected chi connectivity index (χ0v) is 9.82. The minimum Gasteiger partial charge on any atom is -0.432 e. The lowest BCUT2D eigenvalue weighted by atomic mass is 10.2. The molecular formula is C12H17NO3. The van der Waals surface area contributed by atoms with Crippen LogP contribution in [-0.2, 0) is 16.1 Å². The SMILES string of the molecule is CNc1ccc(COC(=O)OC(C)C)cc1. The molecule has 1 aromatic rings. The first-order valence-corrected chi connectivity index (χ1v) is 5.22. The summed E-state index contributed by atoms with van der Waals surface area (Å²) < 4.78 is 9.77. The summed E-state index contributed by atoms with van der Waals surface area (Å²) in [5.74, 6) is 0. The van der Waals surface area contributed by atoms with Gasteiger partial charge in [0.2, 0.25) is 0 Å². The van der Waals surface area contributed by atoms with Crippen LogP contribution in [-0.4, -0.2) is 19.3 Å². The van der Waals surface area contributed by atoms with Gasteiger partial charge in [0.05, 0.1) is 6.10 Å². The molecule has 1 aromatic carbocycles. The average molecular weight is 223 g/mol. The van der Waals surface area contributed by atoms with Crippen molar-refractivity contribution in [1.29, 1.82) is 0 Å². The van der Waals surface area contributed by atoms with Gasteiger partial charge in [-0.15, -0.1) is 0 Å². The first kappa shape index (κ1) is 12.4. The van der Waals surface area contributed by atoms with Crippen LogP contribution < -0.4 is 5.32 Å². The Morgan fingerprint density at radius 3 is 2.44 bits per heavy atom. The van der Waals surface area contributed by atoms with Crippen LogP contribution >= 0.6 is 0 Å². The second kappa shape index (κ2) is 6.00. The molecule has 0 atom stereocenters. The van der Waals surface area contributed by atoms with Crippen molar-refractivity contribution >= 4 is 11.8 Å². The minimum absolute atomic E-state index is 0.154. The first-order chi connectivity index (χ1) is 7.61. The Morgan fingerprint density at radius 1 is 1.31 bits per heavy atom. The smallest absolute Gasteiger partial charge is 0.432 e.